The Labute approximate surface area is 127 Å². The lowest BCUT2D eigenvalue weighted by Crippen LogP contribution is -2.37. The molecule has 0 saturated carbocycles. The van der Waals surface area contributed by atoms with Crippen LogP contribution in [-0.4, -0.2) is 47.3 Å². The molecule has 0 spiro atoms. The second-order valence-corrected chi connectivity index (χ2v) is 6.49. The van der Waals surface area contributed by atoms with E-state index in [-0.39, 0.29) is 0 Å². The summed E-state index contributed by atoms with van der Waals surface area (Å²) in [6.45, 7) is 5.49. The SMILES string of the molecule is NC(=S)c1sc(=S)n(CCCN2CCOCC2)c1N. The Morgan fingerprint density at radius 3 is 2.58 bits per heavy atom. The number of morpholine rings is 1. The van der Waals surface area contributed by atoms with Crippen molar-refractivity contribution in [3.63, 3.8) is 0 Å². The third kappa shape index (κ3) is 3.73. The molecule has 1 aromatic rings. The number of nitrogens with zero attached hydrogens (tertiary/aromatic N) is 2. The number of ether oxygens (including phenoxy) is 1. The van der Waals surface area contributed by atoms with Gasteiger partial charge in [0, 0.05) is 26.2 Å². The predicted molar refractivity (Wildman–Crippen MR) is 85.3 cm³/mol. The Kier molecular flexibility index (Phi) is 5.28. The maximum Gasteiger partial charge on any atom is 0.163 e. The molecule has 5 nitrogen and oxygen atoms in total. The van der Waals surface area contributed by atoms with Crippen LogP contribution in [0.1, 0.15) is 11.3 Å². The van der Waals surface area contributed by atoms with Gasteiger partial charge in [0.05, 0.1) is 13.2 Å². The predicted octanol–water partition coefficient (Wildman–Crippen LogP) is 1.22. The van der Waals surface area contributed by atoms with Crippen LogP contribution in [0.15, 0.2) is 0 Å². The first-order valence-electron chi connectivity index (χ1n) is 6.18. The van der Waals surface area contributed by atoms with Gasteiger partial charge in [-0.05, 0) is 18.6 Å². The molecule has 1 aromatic heterocycles. The van der Waals surface area contributed by atoms with E-state index in [1.54, 1.807) is 0 Å². The van der Waals surface area contributed by atoms with Crippen molar-refractivity contribution < 1.29 is 4.74 Å². The van der Waals surface area contributed by atoms with Crippen LogP contribution in [0.3, 0.4) is 0 Å². The minimum absolute atomic E-state index is 0.320. The highest BCUT2D eigenvalue weighted by Gasteiger charge is 2.13. The first-order chi connectivity index (χ1) is 9.09. The molecule has 0 unspecified atom stereocenters. The molecule has 1 aliphatic rings. The fourth-order valence-electron chi connectivity index (χ4n) is 2.08. The smallest absolute Gasteiger partial charge is 0.163 e. The zero-order valence-corrected chi connectivity index (χ0v) is 13.1. The second-order valence-electron chi connectivity index (χ2n) is 4.41. The molecule has 0 aliphatic carbocycles. The molecule has 1 aliphatic heterocycles. The molecule has 4 N–H and O–H groups in total. The van der Waals surface area contributed by atoms with Crippen molar-refractivity contribution >= 4 is 46.6 Å². The molecule has 0 atom stereocenters. The van der Waals surface area contributed by atoms with Gasteiger partial charge in [-0.2, -0.15) is 0 Å². The number of nitrogen functional groups attached to an aromatic ring is 1. The zero-order valence-electron chi connectivity index (χ0n) is 10.6. The van der Waals surface area contributed by atoms with Crippen molar-refractivity contribution in [2.75, 3.05) is 38.6 Å². The lowest BCUT2D eigenvalue weighted by molar-refractivity contribution is 0.0369. The van der Waals surface area contributed by atoms with Crippen molar-refractivity contribution in [3.8, 4) is 0 Å². The second kappa shape index (κ2) is 6.76. The van der Waals surface area contributed by atoms with Crippen LogP contribution in [0.25, 0.3) is 0 Å². The number of aromatic nitrogens is 1. The van der Waals surface area contributed by atoms with Gasteiger partial charge < -0.3 is 20.8 Å². The Balaban J connectivity index is 1.92. The fourth-order valence-corrected chi connectivity index (χ4v) is 3.54. The van der Waals surface area contributed by atoms with Gasteiger partial charge >= 0.3 is 0 Å². The number of thiocarbonyl (C=S) groups is 1. The maximum atomic E-state index is 6.03. The number of nitrogens with two attached hydrogens (primary N) is 2. The lowest BCUT2D eigenvalue weighted by Gasteiger charge is -2.26. The molecule has 0 aromatic carbocycles. The van der Waals surface area contributed by atoms with Gasteiger partial charge in [-0.1, -0.05) is 12.2 Å². The maximum absolute atomic E-state index is 6.03. The molecule has 0 radical (unpaired) electrons. The molecule has 1 fully saturated rings. The average Bonchev–Trinajstić information content (AvgIpc) is 2.68. The molecular formula is C11H18N4OS3. The Morgan fingerprint density at radius 1 is 1.32 bits per heavy atom. The molecule has 2 heterocycles. The number of thiazole rings is 1. The van der Waals surface area contributed by atoms with E-state index < -0.39 is 0 Å². The van der Waals surface area contributed by atoms with E-state index in [9.17, 15) is 0 Å². The Morgan fingerprint density at radius 2 is 2.00 bits per heavy atom. The van der Waals surface area contributed by atoms with Gasteiger partial charge in [0.2, 0.25) is 0 Å². The Hall–Kier alpha value is -0.540. The molecule has 0 bridgehead atoms. The minimum atomic E-state index is 0.320. The topological polar surface area (TPSA) is 69.4 Å². The van der Waals surface area contributed by atoms with E-state index in [0.717, 1.165) is 54.6 Å². The lowest BCUT2D eigenvalue weighted by atomic mass is 10.3. The summed E-state index contributed by atoms with van der Waals surface area (Å²) in [6.07, 6.45) is 1.01. The van der Waals surface area contributed by atoms with Gasteiger partial charge in [-0.25, -0.2) is 0 Å². The zero-order chi connectivity index (χ0) is 13.8. The third-order valence-corrected chi connectivity index (χ3v) is 4.95. The van der Waals surface area contributed by atoms with Crippen molar-refractivity contribution in [2.24, 2.45) is 5.73 Å². The molecule has 1 saturated heterocycles. The summed E-state index contributed by atoms with van der Waals surface area (Å²) in [5.41, 5.74) is 11.7. The minimum Gasteiger partial charge on any atom is -0.389 e. The molecular weight excluding hydrogens is 300 g/mol. The summed E-state index contributed by atoms with van der Waals surface area (Å²) in [4.78, 5) is 3.44. The van der Waals surface area contributed by atoms with E-state index in [0.29, 0.717) is 10.8 Å². The molecule has 2 rings (SSSR count). The summed E-state index contributed by atoms with van der Waals surface area (Å²) in [5.74, 6) is 0.601. The number of anilines is 1. The van der Waals surface area contributed by atoms with Crippen LogP contribution in [0.5, 0.6) is 0 Å². The van der Waals surface area contributed by atoms with E-state index >= 15 is 0 Å². The molecule has 106 valence electrons. The largest absolute Gasteiger partial charge is 0.389 e. The van der Waals surface area contributed by atoms with Gasteiger partial charge in [-0.15, -0.1) is 11.3 Å². The summed E-state index contributed by atoms with van der Waals surface area (Å²) < 4.78 is 7.99. The Bertz CT molecular complexity index is 505. The highest BCUT2D eigenvalue weighted by Crippen LogP contribution is 2.22. The van der Waals surface area contributed by atoms with E-state index in [2.05, 4.69) is 4.90 Å². The highest BCUT2D eigenvalue weighted by atomic mass is 32.1. The standard InChI is InChI=1S/C11H18N4OS3/c12-9-8(10(13)17)19-11(18)15(9)3-1-2-14-4-6-16-7-5-14/h1-7,12H2,(H2,13,17). The molecule has 19 heavy (non-hydrogen) atoms. The van der Waals surface area contributed by atoms with E-state index in [4.69, 9.17) is 40.6 Å². The van der Waals surface area contributed by atoms with E-state index in [1.165, 1.54) is 11.3 Å². The van der Waals surface area contributed by atoms with Crippen LogP contribution in [0, 0.1) is 3.95 Å². The number of hydrogen-bond donors (Lipinski definition) is 2. The van der Waals surface area contributed by atoms with Gasteiger partial charge in [0.1, 0.15) is 15.7 Å². The first kappa shape index (κ1) is 14.9. The van der Waals surface area contributed by atoms with Crippen molar-refractivity contribution in [3.05, 3.63) is 8.83 Å². The molecule has 8 heteroatoms. The monoisotopic (exact) mass is 318 g/mol. The fraction of sp³-hybridized carbons (Fsp3) is 0.636. The normalized spacial score (nSPS) is 16.6. The van der Waals surface area contributed by atoms with Crippen LogP contribution in [0.2, 0.25) is 0 Å². The summed E-state index contributed by atoms with van der Waals surface area (Å²) >= 11 is 11.7. The molecule has 0 amide bonds. The summed E-state index contributed by atoms with van der Waals surface area (Å²) in [5, 5.41) is 0. The van der Waals surface area contributed by atoms with Crippen molar-refractivity contribution in [2.45, 2.75) is 13.0 Å². The van der Waals surface area contributed by atoms with Crippen molar-refractivity contribution in [1.82, 2.24) is 9.47 Å². The number of hydrogen-bond acceptors (Lipinski definition) is 6. The van der Waals surface area contributed by atoms with Crippen LogP contribution in [-0.2, 0) is 11.3 Å². The van der Waals surface area contributed by atoms with Crippen molar-refractivity contribution in [1.29, 1.82) is 0 Å². The quantitative estimate of drug-likeness (QED) is 0.796. The van der Waals surface area contributed by atoms with Gasteiger partial charge in [0.15, 0.2) is 3.95 Å². The first-order valence-corrected chi connectivity index (χ1v) is 7.82. The van der Waals surface area contributed by atoms with Crippen LogP contribution in [0.4, 0.5) is 5.82 Å². The number of rotatable bonds is 5. The van der Waals surface area contributed by atoms with Crippen LogP contribution >= 0.6 is 35.8 Å². The summed E-state index contributed by atoms with van der Waals surface area (Å²) in [7, 11) is 0. The van der Waals surface area contributed by atoms with Crippen LogP contribution < -0.4 is 11.5 Å². The highest BCUT2D eigenvalue weighted by molar-refractivity contribution is 7.81. The van der Waals surface area contributed by atoms with Gasteiger partial charge in [0.25, 0.3) is 0 Å². The average molecular weight is 318 g/mol. The van der Waals surface area contributed by atoms with E-state index in [1.807, 2.05) is 4.57 Å². The third-order valence-electron chi connectivity index (χ3n) is 3.12. The summed E-state index contributed by atoms with van der Waals surface area (Å²) in [6, 6.07) is 0. The van der Waals surface area contributed by atoms with Gasteiger partial charge in [-0.3, -0.25) is 4.90 Å².